The molecule has 0 unspecified atom stereocenters. The predicted octanol–water partition coefficient (Wildman–Crippen LogP) is -4.13. The fourth-order valence-electron chi connectivity index (χ4n) is 8.81. The Hall–Kier alpha value is -5.79. The van der Waals surface area contributed by atoms with Crippen molar-refractivity contribution in [2.24, 2.45) is 34.2 Å². The van der Waals surface area contributed by atoms with Gasteiger partial charge in [-0.25, -0.2) is 14.4 Å². The summed E-state index contributed by atoms with van der Waals surface area (Å²) in [4.78, 5) is 111. The summed E-state index contributed by atoms with van der Waals surface area (Å²) in [6.07, 6.45) is -12.2. The normalized spacial score (nSPS) is 26.1. The second-order valence-corrected chi connectivity index (χ2v) is 19.8. The average molecular weight is 1070 g/mol. The molecule has 75 heavy (non-hydrogen) atoms. The molecule has 0 saturated carbocycles. The van der Waals surface area contributed by atoms with Crippen LogP contribution in [0.1, 0.15) is 86.3 Å². The molecule has 29 heteroatoms. The van der Waals surface area contributed by atoms with Gasteiger partial charge >= 0.3 is 29.6 Å². The van der Waals surface area contributed by atoms with E-state index in [4.69, 9.17) is 35.2 Å². The first-order valence-electron chi connectivity index (χ1n) is 25.0. The molecule has 1 aromatic heterocycles. The minimum atomic E-state index is -1.93. The molecule has 0 radical (unpaired) electrons. The van der Waals surface area contributed by atoms with Gasteiger partial charge in [0.15, 0.2) is 18.5 Å². The van der Waals surface area contributed by atoms with Gasteiger partial charge in [0.05, 0.1) is 6.04 Å². The van der Waals surface area contributed by atoms with E-state index in [2.05, 4.69) is 36.9 Å². The Morgan fingerprint density at radius 3 is 2.15 bits per heavy atom. The Morgan fingerprint density at radius 2 is 1.56 bits per heavy atom. The Balaban J connectivity index is 1.59. The Labute approximate surface area is 432 Å². The maximum absolute atomic E-state index is 14.4. The van der Waals surface area contributed by atoms with Crippen molar-refractivity contribution < 1.29 is 78.0 Å². The molecule has 16 N–H and O–H groups in total. The average Bonchev–Trinajstić information content (AvgIpc) is 3.81. The number of aliphatic carboxylic acids is 2. The number of aliphatic hydroxyl groups excluding tert-OH is 3. The lowest BCUT2D eigenvalue weighted by molar-refractivity contribution is -0.231. The number of nitrogens with one attached hydrogen (secondary N) is 7. The minimum absolute atomic E-state index is 0.0102. The molecule has 3 aliphatic rings. The van der Waals surface area contributed by atoms with E-state index in [9.17, 15) is 63.9 Å². The molecule has 3 aliphatic heterocycles. The van der Waals surface area contributed by atoms with Gasteiger partial charge in [0.1, 0.15) is 73.0 Å². The maximum Gasteiger partial charge on any atom is 0.330 e. The fourth-order valence-corrected chi connectivity index (χ4v) is 8.81. The van der Waals surface area contributed by atoms with Crippen LogP contribution >= 0.6 is 0 Å². The summed E-state index contributed by atoms with van der Waals surface area (Å²) in [7, 11) is 1.23. The highest BCUT2D eigenvalue weighted by Gasteiger charge is 2.54. The van der Waals surface area contributed by atoms with Crippen molar-refractivity contribution in [1.29, 1.82) is 0 Å². The number of ether oxygens (including phenoxy) is 5. The lowest BCUT2D eigenvalue weighted by Crippen LogP contribution is -2.66. The van der Waals surface area contributed by atoms with E-state index in [1.165, 1.54) is 7.11 Å². The third-order valence-corrected chi connectivity index (χ3v) is 12.9. The van der Waals surface area contributed by atoms with E-state index in [-0.39, 0.29) is 51.4 Å². The summed E-state index contributed by atoms with van der Waals surface area (Å²) in [5.74, 6) is -6.13. The van der Waals surface area contributed by atoms with Crippen molar-refractivity contribution in [2.75, 3.05) is 33.3 Å². The standard InChI is InChI=1S/C46H77N11O18/c1-20(2)11-8-9-12-26(59)73-34(22(5)6)29(54-39(64)28(23-13-17-51-44(48)52-23)56-45(69)55-27(21(3)4)41(65)66)38(63)50-16-10-15-49-30(42(67)68)35(75-43-37(71-7)31(60)24(19-47)72-43)36-32(61)33(62)40(74-36)57-18-14-25(58)53-46(57)70/h14,18,20-24,27-37,40,43,49,60-62H,8-13,15-17,19,47H2,1-7H3,(H,50,63)(H,54,64)(H,65,66)(H,67,68)(H3,48,51,52)(H,53,58,70)(H2,55,56,69)/t23-,24+,27-,28-,29-,30-,31+,32-,33+,34-,35-,36-,37+,40+,43-/m0/s1. The number of H-pyrrole nitrogens is 1. The molecule has 1 aromatic rings. The van der Waals surface area contributed by atoms with Gasteiger partial charge in [0.25, 0.3) is 5.56 Å². The number of esters is 1. The van der Waals surface area contributed by atoms with Crippen LogP contribution in [0.5, 0.6) is 0 Å². The number of aliphatic imine (C=N–C) groups is 1. The van der Waals surface area contributed by atoms with Gasteiger partial charge in [-0.2, -0.15) is 0 Å². The highest BCUT2D eigenvalue weighted by atomic mass is 16.7. The van der Waals surface area contributed by atoms with E-state index >= 15 is 0 Å². The summed E-state index contributed by atoms with van der Waals surface area (Å²) in [5.41, 5.74) is 9.93. The number of amides is 4. The number of aliphatic hydroxyl groups is 3. The summed E-state index contributed by atoms with van der Waals surface area (Å²) >= 11 is 0. The zero-order valence-electron chi connectivity index (χ0n) is 43.2. The molecule has 0 spiro atoms. The minimum Gasteiger partial charge on any atom is -0.480 e. The summed E-state index contributed by atoms with van der Waals surface area (Å²) in [6, 6.07) is -7.25. The number of aromatic nitrogens is 2. The van der Waals surface area contributed by atoms with Crippen LogP contribution in [0, 0.1) is 17.8 Å². The number of carbonyl (C=O) groups excluding carboxylic acids is 4. The quantitative estimate of drug-likeness (QED) is 0.0268. The van der Waals surface area contributed by atoms with E-state index < -0.39 is 150 Å². The summed E-state index contributed by atoms with van der Waals surface area (Å²) in [6.45, 7) is 10.1. The Morgan fingerprint density at radius 1 is 0.867 bits per heavy atom. The Bertz CT molecular complexity index is 2230. The smallest absolute Gasteiger partial charge is 0.330 e. The van der Waals surface area contributed by atoms with Crippen LogP contribution in [0.3, 0.4) is 0 Å². The van der Waals surface area contributed by atoms with Crippen molar-refractivity contribution in [2.45, 2.75) is 172 Å². The van der Waals surface area contributed by atoms with Crippen molar-refractivity contribution in [3.8, 4) is 0 Å². The number of hydrogen-bond acceptors (Lipinski definition) is 21. The van der Waals surface area contributed by atoms with Crippen LogP contribution in [0.15, 0.2) is 26.8 Å². The molecule has 2 saturated heterocycles. The molecule has 29 nitrogen and oxygen atoms in total. The maximum atomic E-state index is 14.4. The van der Waals surface area contributed by atoms with Gasteiger partial charge in [0.2, 0.25) is 11.8 Å². The van der Waals surface area contributed by atoms with Gasteiger partial charge in [-0.15, -0.1) is 0 Å². The number of hydrogen-bond donors (Lipinski definition) is 14. The number of guanidine groups is 1. The highest BCUT2D eigenvalue weighted by Crippen LogP contribution is 2.35. The number of unbranched alkanes of at least 4 members (excludes halogenated alkanes) is 1. The second-order valence-electron chi connectivity index (χ2n) is 19.8. The summed E-state index contributed by atoms with van der Waals surface area (Å²) < 4.78 is 29.9. The van der Waals surface area contributed by atoms with Crippen molar-refractivity contribution in [3.63, 3.8) is 0 Å². The lowest BCUT2D eigenvalue weighted by atomic mass is 9.96. The number of carboxylic acid groups (broad SMARTS) is 2. The molecular formula is C46H77N11O18. The molecule has 4 amide bonds. The topological polar surface area (TPSA) is 441 Å². The largest absolute Gasteiger partial charge is 0.480 e. The number of nitrogens with two attached hydrogens (primary N) is 2. The first kappa shape index (κ1) is 61.8. The molecule has 4 heterocycles. The molecule has 15 atom stereocenters. The van der Waals surface area contributed by atoms with Crippen LogP contribution in [-0.4, -0.2) is 195 Å². The Kier molecular flexibility index (Phi) is 23.8. The zero-order chi connectivity index (χ0) is 55.8. The van der Waals surface area contributed by atoms with Gasteiger partial charge in [-0.05, 0) is 43.6 Å². The van der Waals surface area contributed by atoms with Gasteiger partial charge in [0, 0.05) is 45.4 Å². The van der Waals surface area contributed by atoms with Gasteiger partial charge in [-0.1, -0.05) is 54.4 Å². The second kappa shape index (κ2) is 28.9. The van der Waals surface area contributed by atoms with Crippen LogP contribution in [0.2, 0.25) is 0 Å². The van der Waals surface area contributed by atoms with E-state index in [1.807, 2.05) is 18.8 Å². The molecular weight excluding hydrogens is 995 g/mol. The number of carbonyl (C=O) groups is 6. The van der Waals surface area contributed by atoms with Crippen molar-refractivity contribution >= 4 is 41.7 Å². The number of methoxy groups -OCH3 is 1. The number of urea groups is 1. The third kappa shape index (κ3) is 17.1. The van der Waals surface area contributed by atoms with E-state index in [1.54, 1.807) is 27.7 Å². The number of nitrogens with zero attached hydrogens (tertiary/aromatic N) is 2. The first-order chi connectivity index (χ1) is 35.4. The lowest BCUT2D eigenvalue weighted by Gasteiger charge is -2.34. The van der Waals surface area contributed by atoms with Gasteiger partial charge in [-0.3, -0.25) is 38.5 Å². The molecule has 424 valence electrons. The van der Waals surface area contributed by atoms with Crippen LogP contribution in [0.4, 0.5) is 4.79 Å². The van der Waals surface area contributed by atoms with Crippen LogP contribution in [-0.2, 0) is 47.7 Å². The van der Waals surface area contributed by atoms with Crippen LogP contribution < -0.4 is 54.6 Å². The molecule has 0 bridgehead atoms. The zero-order valence-corrected chi connectivity index (χ0v) is 43.2. The monoisotopic (exact) mass is 1070 g/mol. The van der Waals surface area contributed by atoms with E-state index in [0.717, 1.165) is 29.7 Å². The molecule has 4 rings (SSSR count). The molecule has 0 aromatic carbocycles. The number of aromatic amines is 1. The summed E-state index contributed by atoms with van der Waals surface area (Å²) in [5, 5.41) is 69.4. The first-order valence-corrected chi connectivity index (χ1v) is 25.0. The molecule has 2 fully saturated rings. The van der Waals surface area contributed by atoms with Crippen LogP contribution in [0.25, 0.3) is 0 Å². The third-order valence-electron chi connectivity index (χ3n) is 12.9. The van der Waals surface area contributed by atoms with Crippen molar-refractivity contribution in [1.82, 2.24) is 41.5 Å². The number of carboxylic acids is 2. The number of rotatable bonds is 29. The van der Waals surface area contributed by atoms with E-state index in [0.29, 0.717) is 12.3 Å². The predicted molar refractivity (Wildman–Crippen MR) is 263 cm³/mol. The fraction of sp³-hybridized carbons (Fsp3) is 0.761. The molecule has 0 aliphatic carbocycles. The van der Waals surface area contributed by atoms with Gasteiger partial charge < -0.3 is 92.6 Å². The van der Waals surface area contributed by atoms with Crippen molar-refractivity contribution in [3.05, 3.63) is 33.1 Å². The highest BCUT2D eigenvalue weighted by molar-refractivity contribution is 5.94. The SMILES string of the molecule is CO[C@H]1[C@H](O[C@H]([C@H]2O[C@@H](n3ccc(=O)[nH]c3=O)[C@H](O)[C@@H]2O)[C@H](NCCCNC(=O)[C@@H](NC(=O)[C@@H](NC(=O)N[C@H](C(=O)O)C(C)C)[C@@H]2CCN=C(N)N2)[C@@H](OC(=O)CCCCC(C)C)C(C)C)C(=O)O)O[C@H](CN)[C@H]1O.